The van der Waals surface area contributed by atoms with Gasteiger partial charge in [-0.25, -0.2) is 0 Å². The van der Waals surface area contributed by atoms with Crippen LogP contribution in [0.3, 0.4) is 0 Å². The second kappa shape index (κ2) is 8.96. The normalized spacial score (nSPS) is 11.9. The van der Waals surface area contributed by atoms with E-state index in [1.807, 2.05) is 86.6 Å². The van der Waals surface area contributed by atoms with Crippen molar-refractivity contribution in [2.75, 3.05) is 0 Å². The molecule has 0 heterocycles. The molecule has 0 aliphatic heterocycles. The summed E-state index contributed by atoms with van der Waals surface area (Å²) >= 11 is 0. The smallest absolute Gasteiger partial charge is 0.261 e. The molecule has 0 spiro atoms. The average molecular weight is 369 g/mol. The summed E-state index contributed by atoms with van der Waals surface area (Å²) in [5, 5.41) is 0. The van der Waals surface area contributed by atoms with Gasteiger partial charge in [0.25, 0.3) is 11.8 Å². The van der Waals surface area contributed by atoms with Crippen molar-refractivity contribution in [2.45, 2.75) is 19.9 Å². The van der Waals surface area contributed by atoms with E-state index in [4.69, 9.17) is 0 Å². The molecule has 3 aromatic carbocycles. The number of benzene rings is 3. The number of amides is 2. The Balaban J connectivity index is 1.93. The number of carbonyl (C=O) groups is 2. The maximum absolute atomic E-state index is 13.2. The molecule has 0 saturated carbocycles. The molecule has 2 amide bonds. The molecular formula is C25H23NO2. The van der Waals surface area contributed by atoms with Crippen LogP contribution in [0.5, 0.6) is 0 Å². The van der Waals surface area contributed by atoms with Gasteiger partial charge >= 0.3 is 0 Å². The molecule has 1 atom stereocenters. The quantitative estimate of drug-likeness (QED) is 0.562. The van der Waals surface area contributed by atoms with Gasteiger partial charge < -0.3 is 0 Å². The lowest BCUT2D eigenvalue weighted by molar-refractivity contribution is -0.125. The van der Waals surface area contributed by atoms with Gasteiger partial charge in [-0.15, -0.1) is 0 Å². The highest BCUT2D eigenvalue weighted by Crippen LogP contribution is 2.23. The van der Waals surface area contributed by atoms with Gasteiger partial charge in [0, 0.05) is 11.6 Å². The maximum atomic E-state index is 13.2. The second-order valence-corrected chi connectivity index (χ2v) is 6.71. The van der Waals surface area contributed by atoms with Crippen molar-refractivity contribution >= 4 is 17.9 Å². The fourth-order valence-electron chi connectivity index (χ4n) is 2.99. The SMILES string of the molecule is Cc1ccc(C(=O)N(C(=O)/C=C/c2ccccc2)C(C)c2ccccc2)cc1. The Kier molecular flexibility index (Phi) is 6.18. The predicted octanol–water partition coefficient (Wildman–Crippen LogP) is 5.44. The number of nitrogens with zero attached hydrogens (tertiary/aromatic N) is 1. The summed E-state index contributed by atoms with van der Waals surface area (Å²) in [6, 6.07) is 26.0. The van der Waals surface area contributed by atoms with Crippen LogP contribution in [0, 0.1) is 6.92 Å². The van der Waals surface area contributed by atoms with Crippen molar-refractivity contribution in [3.8, 4) is 0 Å². The minimum atomic E-state index is -0.386. The summed E-state index contributed by atoms with van der Waals surface area (Å²) < 4.78 is 0. The van der Waals surface area contributed by atoms with E-state index in [2.05, 4.69) is 0 Å². The standard InChI is InChI=1S/C25H23NO2/c1-19-13-16-23(17-14-19)25(28)26(20(2)22-11-7-4-8-12-22)24(27)18-15-21-9-5-3-6-10-21/h3-18,20H,1-2H3/b18-15+. The highest BCUT2D eigenvalue weighted by molar-refractivity contribution is 6.09. The molecule has 0 bridgehead atoms. The summed E-state index contributed by atoms with van der Waals surface area (Å²) in [5.74, 6) is -0.648. The van der Waals surface area contributed by atoms with Gasteiger partial charge in [-0.2, -0.15) is 0 Å². The molecule has 140 valence electrons. The third-order valence-electron chi connectivity index (χ3n) is 4.64. The molecule has 28 heavy (non-hydrogen) atoms. The summed E-state index contributed by atoms with van der Waals surface area (Å²) in [6.45, 7) is 3.84. The van der Waals surface area contributed by atoms with Gasteiger partial charge in [0.1, 0.15) is 0 Å². The van der Waals surface area contributed by atoms with Crippen molar-refractivity contribution in [3.05, 3.63) is 113 Å². The predicted molar refractivity (Wildman–Crippen MR) is 113 cm³/mol. The maximum Gasteiger partial charge on any atom is 0.261 e. The van der Waals surface area contributed by atoms with Gasteiger partial charge in [-0.3, -0.25) is 14.5 Å². The molecular weight excluding hydrogens is 346 g/mol. The first-order chi connectivity index (χ1) is 13.6. The van der Waals surface area contributed by atoms with E-state index in [0.717, 1.165) is 16.7 Å². The number of carbonyl (C=O) groups excluding carboxylic acids is 2. The molecule has 0 N–H and O–H groups in total. The van der Waals surface area contributed by atoms with Gasteiger partial charge in [-0.1, -0.05) is 78.4 Å². The van der Waals surface area contributed by atoms with Gasteiger partial charge in [-0.05, 0) is 43.2 Å². The molecule has 1 unspecified atom stereocenters. The van der Waals surface area contributed by atoms with Crippen LogP contribution in [0.15, 0.2) is 91.0 Å². The monoisotopic (exact) mass is 369 g/mol. The summed E-state index contributed by atoms with van der Waals surface area (Å²) in [5.41, 5.74) is 3.37. The summed E-state index contributed by atoms with van der Waals surface area (Å²) in [7, 11) is 0. The average Bonchev–Trinajstić information content (AvgIpc) is 2.74. The topological polar surface area (TPSA) is 37.4 Å². The summed E-state index contributed by atoms with van der Waals surface area (Å²) in [4.78, 5) is 27.5. The number of imide groups is 1. The Morgan fingerprint density at radius 1 is 0.821 bits per heavy atom. The Morgan fingerprint density at radius 3 is 2.00 bits per heavy atom. The van der Waals surface area contributed by atoms with E-state index >= 15 is 0 Å². The van der Waals surface area contributed by atoms with Crippen molar-refractivity contribution in [2.24, 2.45) is 0 Å². The van der Waals surface area contributed by atoms with Crippen LogP contribution < -0.4 is 0 Å². The number of hydrogen-bond acceptors (Lipinski definition) is 2. The van der Waals surface area contributed by atoms with E-state index < -0.39 is 0 Å². The Bertz CT molecular complexity index is 960. The van der Waals surface area contributed by atoms with Crippen LogP contribution in [0.4, 0.5) is 0 Å². The second-order valence-electron chi connectivity index (χ2n) is 6.71. The van der Waals surface area contributed by atoms with Crippen LogP contribution in [0.25, 0.3) is 6.08 Å². The van der Waals surface area contributed by atoms with E-state index in [-0.39, 0.29) is 17.9 Å². The van der Waals surface area contributed by atoms with Gasteiger partial charge in [0.15, 0.2) is 0 Å². The van der Waals surface area contributed by atoms with Crippen LogP contribution in [0.1, 0.15) is 40.0 Å². The highest BCUT2D eigenvalue weighted by Gasteiger charge is 2.27. The summed E-state index contributed by atoms with van der Waals surface area (Å²) in [6.07, 6.45) is 3.19. The third kappa shape index (κ3) is 4.63. The van der Waals surface area contributed by atoms with E-state index in [0.29, 0.717) is 5.56 Å². The first-order valence-corrected chi connectivity index (χ1v) is 9.28. The lowest BCUT2D eigenvalue weighted by Crippen LogP contribution is -2.38. The van der Waals surface area contributed by atoms with Gasteiger partial charge in [0.05, 0.1) is 6.04 Å². The third-order valence-corrected chi connectivity index (χ3v) is 4.64. The zero-order chi connectivity index (χ0) is 19.9. The lowest BCUT2D eigenvalue weighted by atomic mass is 10.0. The van der Waals surface area contributed by atoms with E-state index in [1.165, 1.54) is 11.0 Å². The first-order valence-electron chi connectivity index (χ1n) is 9.28. The molecule has 3 rings (SSSR count). The van der Waals surface area contributed by atoms with Crippen LogP contribution in [0.2, 0.25) is 0 Å². The molecule has 0 fully saturated rings. The zero-order valence-corrected chi connectivity index (χ0v) is 16.1. The van der Waals surface area contributed by atoms with Crippen LogP contribution in [-0.2, 0) is 4.79 Å². The molecule has 3 nitrogen and oxygen atoms in total. The lowest BCUT2D eigenvalue weighted by Gasteiger charge is -2.27. The highest BCUT2D eigenvalue weighted by atomic mass is 16.2. The largest absolute Gasteiger partial charge is 0.269 e. The zero-order valence-electron chi connectivity index (χ0n) is 16.1. The Labute approximate surface area is 165 Å². The van der Waals surface area contributed by atoms with Crippen LogP contribution in [-0.4, -0.2) is 16.7 Å². The Hall–Kier alpha value is -3.46. The van der Waals surface area contributed by atoms with Crippen molar-refractivity contribution in [1.82, 2.24) is 4.90 Å². The molecule has 0 aliphatic carbocycles. The van der Waals surface area contributed by atoms with E-state index in [9.17, 15) is 9.59 Å². The van der Waals surface area contributed by atoms with Crippen molar-refractivity contribution in [1.29, 1.82) is 0 Å². The number of hydrogen-bond donors (Lipinski definition) is 0. The molecule has 3 heteroatoms. The molecule has 3 aromatic rings. The fraction of sp³-hybridized carbons (Fsp3) is 0.120. The number of rotatable bonds is 5. The minimum absolute atomic E-state index is 0.306. The molecule has 0 radical (unpaired) electrons. The van der Waals surface area contributed by atoms with Crippen molar-refractivity contribution in [3.63, 3.8) is 0 Å². The Morgan fingerprint density at radius 2 is 1.39 bits per heavy atom. The minimum Gasteiger partial charge on any atom is -0.269 e. The van der Waals surface area contributed by atoms with Crippen molar-refractivity contribution < 1.29 is 9.59 Å². The van der Waals surface area contributed by atoms with Gasteiger partial charge in [0.2, 0.25) is 0 Å². The molecule has 0 aliphatic rings. The first kappa shape index (κ1) is 19.3. The molecule has 0 aromatic heterocycles. The fourth-order valence-corrected chi connectivity index (χ4v) is 2.99. The van der Waals surface area contributed by atoms with E-state index in [1.54, 1.807) is 18.2 Å². The molecule has 0 saturated heterocycles. The number of aryl methyl sites for hydroxylation is 1. The van der Waals surface area contributed by atoms with Crippen LogP contribution >= 0.6 is 0 Å².